The van der Waals surface area contributed by atoms with Crippen LogP contribution in [0.15, 0.2) is 53.5 Å². The summed E-state index contributed by atoms with van der Waals surface area (Å²) in [5.74, 6) is 0.722. The summed E-state index contributed by atoms with van der Waals surface area (Å²) in [4.78, 5) is 26.9. The van der Waals surface area contributed by atoms with Crippen LogP contribution < -0.4 is 10.1 Å². The van der Waals surface area contributed by atoms with Crippen molar-refractivity contribution in [3.8, 4) is 5.75 Å². The summed E-state index contributed by atoms with van der Waals surface area (Å²) in [6, 6.07) is 12.9. The molecule has 2 aromatic rings. The highest BCUT2D eigenvalue weighted by atomic mass is 16.6. The van der Waals surface area contributed by atoms with E-state index in [1.165, 1.54) is 19.2 Å². The average molecular weight is 458 g/mol. The van der Waals surface area contributed by atoms with E-state index in [-0.39, 0.29) is 11.7 Å². The summed E-state index contributed by atoms with van der Waals surface area (Å²) < 4.78 is 16.2. The van der Waals surface area contributed by atoms with Gasteiger partial charge in [-0.2, -0.15) is 0 Å². The Morgan fingerprint density at radius 2 is 1.85 bits per heavy atom. The molecule has 1 amide bonds. The first kappa shape index (κ1) is 25.6. The van der Waals surface area contributed by atoms with Crippen molar-refractivity contribution in [2.75, 3.05) is 13.7 Å². The molecule has 0 radical (unpaired) electrons. The third kappa shape index (κ3) is 8.44. The van der Waals surface area contributed by atoms with Gasteiger partial charge in [-0.3, -0.25) is 10.1 Å². The zero-order chi connectivity index (χ0) is 24.4. The number of nitrogens with zero attached hydrogens (tertiary/aromatic N) is 2. The molecule has 0 bridgehead atoms. The number of benzene rings is 2. The molecule has 0 spiro atoms. The van der Waals surface area contributed by atoms with Gasteiger partial charge in [-0.05, 0) is 50.5 Å². The lowest BCUT2D eigenvalue weighted by Crippen LogP contribution is -2.32. The minimum absolute atomic E-state index is 0.0538. The van der Waals surface area contributed by atoms with Crippen LogP contribution in [0.4, 0.5) is 10.5 Å². The molecule has 0 saturated heterocycles. The maximum Gasteiger partial charge on any atom is 0.438 e. The average Bonchev–Trinajstić information content (AvgIpc) is 2.76. The molecular weight excluding hydrogens is 426 g/mol. The van der Waals surface area contributed by atoms with Gasteiger partial charge in [-0.1, -0.05) is 37.6 Å². The van der Waals surface area contributed by atoms with E-state index in [2.05, 4.69) is 17.2 Å². The Hall–Kier alpha value is -3.62. The highest BCUT2D eigenvalue weighted by Crippen LogP contribution is 2.27. The van der Waals surface area contributed by atoms with E-state index >= 15 is 0 Å². The Bertz CT molecular complexity index is 967. The van der Waals surface area contributed by atoms with Gasteiger partial charge in [0.2, 0.25) is 0 Å². The summed E-state index contributed by atoms with van der Waals surface area (Å²) in [7, 11) is 1.37. The summed E-state index contributed by atoms with van der Waals surface area (Å²) in [5.41, 5.74) is 0.596. The Labute approximate surface area is 193 Å². The highest BCUT2D eigenvalue weighted by Gasteiger charge is 2.21. The smallest absolute Gasteiger partial charge is 0.438 e. The molecule has 1 atom stereocenters. The number of hydrogen-bond acceptors (Lipinski definition) is 6. The number of non-ortho nitro benzene ring substituents is 1. The Morgan fingerprint density at radius 1 is 1.15 bits per heavy atom. The molecule has 0 aliphatic carbocycles. The van der Waals surface area contributed by atoms with Crippen LogP contribution in [0.2, 0.25) is 0 Å². The van der Waals surface area contributed by atoms with Crippen LogP contribution in [0.1, 0.15) is 57.7 Å². The van der Waals surface area contributed by atoms with Crippen LogP contribution in [0.3, 0.4) is 0 Å². The van der Waals surface area contributed by atoms with Crippen molar-refractivity contribution in [2.24, 2.45) is 4.99 Å². The summed E-state index contributed by atoms with van der Waals surface area (Å²) in [5, 5.41) is 14.4. The van der Waals surface area contributed by atoms with Crippen LogP contribution in [-0.2, 0) is 9.47 Å². The van der Waals surface area contributed by atoms with E-state index in [0.29, 0.717) is 12.2 Å². The predicted octanol–water partition coefficient (Wildman–Crippen LogP) is 5.39. The van der Waals surface area contributed by atoms with Crippen molar-refractivity contribution < 1.29 is 23.9 Å². The first-order chi connectivity index (χ1) is 15.6. The third-order valence-electron chi connectivity index (χ3n) is 4.44. The van der Waals surface area contributed by atoms with Gasteiger partial charge < -0.3 is 19.5 Å². The van der Waals surface area contributed by atoms with Crippen LogP contribution in [0.25, 0.3) is 0 Å². The fraction of sp³-hybridized carbons (Fsp3) is 0.417. The lowest BCUT2D eigenvalue weighted by atomic mass is 9.98. The number of nitro groups is 1. The fourth-order valence-corrected chi connectivity index (χ4v) is 2.90. The lowest BCUT2D eigenvalue weighted by Gasteiger charge is -2.22. The number of methoxy groups -OCH3 is 1. The molecule has 0 aliphatic rings. The van der Waals surface area contributed by atoms with Gasteiger partial charge in [0.1, 0.15) is 11.4 Å². The lowest BCUT2D eigenvalue weighted by molar-refractivity contribution is -0.384. The van der Waals surface area contributed by atoms with E-state index in [1.807, 2.05) is 24.3 Å². The largest absolute Gasteiger partial charge is 0.494 e. The number of amidine groups is 1. The molecule has 0 aliphatic heterocycles. The van der Waals surface area contributed by atoms with E-state index in [4.69, 9.17) is 14.2 Å². The monoisotopic (exact) mass is 457 g/mol. The predicted molar refractivity (Wildman–Crippen MR) is 126 cm³/mol. The number of ether oxygens (including phenoxy) is 3. The summed E-state index contributed by atoms with van der Waals surface area (Å²) in [6.07, 6.45) is 1.18. The zero-order valence-electron chi connectivity index (χ0n) is 19.7. The molecule has 0 saturated carbocycles. The van der Waals surface area contributed by atoms with Crippen molar-refractivity contribution in [3.05, 3.63) is 69.8 Å². The van der Waals surface area contributed by atoms with E-state index in [1.54, 1.807) is 32.9 Å². The minimum Gasteiger partial charge on any atom is -0.494 e. The number of nitrogens with one attached hydrogen (secondary N) is 1. The molecule has 2 rings (SSSR count). The van der Waals surface area contributed by atoms with Crippen LogP contribution in [-0.4, -0.2) is 36.4 Å². The number of amides is 1. The van der Waals surface area contributed by atoms with Crippen molar-refractivity contribution in [1.82, 2.24) is 5.32 Å². The van der Waals surface area contributed by atoms with Crippen LogP contribution in [0.5, 0.6) is 5.75 Å². The Kier molecular flexibility index (Phi) is 9.20. The van der Waals surface area contributed by atoms with E-state index in [9.17, 15) is 14.9 Å². The SMILES string of the molecule is CCCCOc1ccc(C(N/C(=N/C(=O)OC(C)(C)C)OC)c2cccc([N+](=O)[O-])c2)cc1. The molecule has 1 unspecified atom stereocenters. The zero-order valence-corrected chi connectivity index (χ0v) is 19.7. The van der Waals surface area contributed by atoms with Gasteiger partial charge in [0.15, 0.2) is 0 Å². The van der Waals surface area contributed by atoms with Gasteiger partial charge in [-0.15, -0.1) is 4.99 Å². The molecule has 0 aromatic heterocycles. The number of unbranched alkanes of at least 4 members (excludes halogenated alkanes) is 1. The molecule has 9 nitrogen and oxygen atoms in total. The highest BCUT2D eigenvalue weighted by molar-refractivity contribution is 5.87. The van der Waals surface area contributed by atoms with Crippen molar-refractivity contribution in [1.29, 1.82) is 0 Å². The molecule has 178 valence electrons. The molecule has 0 heterocycles. The maximum absolute atomic E-state index is 12.2. The van der Waals surface area contributed by atoms with E-state index < -0.39 is 22.7 Å². The van der Waals surface area contributed by atoms with Gasteiger partial charge in [-0.25, -0.2) is 4.79 Å². The van der Waals surface area contributed by atoms with Crippen LogP contribution in [0, 0.1) is 10.1 Å². The Morgan fingerprint density at radius 3 is 2.42 bits per heavy atom. The van der Waals surface area contributed by atoms with Crippen molar-refractivity contribution in [3.63, 3.8) is 0 Å². The van der Waals surface area contributed by atoms with Gasteiger partial charge >= 0.3 is 6.09 Å². The van der Waals surface area contributed by atoms with Crippen LogP contribution >= 0.6 is 0 Å². The molecule has 9 heteroatoms. The fourth-order valence-electron chi connectivity index (χ4n) is 2.90. The number of hydrogen-bond donors (Lipinski definition) is 1. The maximum atomic E-state index is 12.2. The summed E-state index contributed by atoms with van der Waals surface area (Å²) >= 11 is 0. The first-order valence-electron chi connectivity index (χ1n) is 10.7. The summed E-state index contributed by atoms with van der Waals surface area (Å²) in [6.45, 7) is 7.91. The Balaban J connectivity index is 2.37. The first-order valence-corrected chi connectivity index (χ1v) is 10.7. The quantitative estimate of drug-likeness (QED) is 0.186. The van der Waals surface area contributed by atoms with Crippen molar-refractivity contribution >= 4 is 17.8 Å². The van der Waals surface area contributed by atoms with Crippen molar-refractivity contribution in [2.45, 2.75) is 52.2 Å². The number of rotatable bonds is 8. The molecule has 33 heavy (non-hydrogen) atoms. The molecule has 2 aromatic carbocycles. The van der Waals surface area contributed by atoms with Gasteiger partial charge in [0.25, 0.3) is 11.7 Å². The topological polar surface area (TPSA) is 112 Å². The molecular formula is C24H31N3O6. The second-order valence-electron chi connectivity index (χ2n) is 8.30. The second-order valence-corrected chi connectivity index (χ2v) is 8.30. The van der Waals surface area contributed by atoms with E-state index in [0.717, 1.165) is 24.2 Å². The molecule has 0 fully saturated rings. The normalized spacial score (nSPS) is 12.6. The number of nitro benzene ring substituents is 1. The van der Waals surface area contributed by atoms with Gasteiger partial charge in [0.05, 0.1) is 24.7 Å². The second kappa shape index (κ2) is 11.8. The number of carbonyl (C=O) groups excluding carboxylic acids is 1. The molecule has 1 N–H and O–H groups in total. The minimum atomic E-state index is -0.815. The van der Waals surface area contributed by atoms with Gasteiger partial charge in [0, 0.05) is 12.1 Å². The number of aliphatic imine (C=N–C) groups is 1. The standard InChI is InChI=1S/C24H31N3O6/c1-6-7-15-32-20-13-11-17(12-14-20)21(18-9-8-10-19(16-18)27(29)30)25-22(31-5)26-23(28)33-24(2,3)4/h8-14,16,21H,6-7,15H2,1-5H3,(H,25,26,28). The number of carbonyl (C=O) groups is 1. The third-order valence-corrected chi connectivity index (χ3v) is 4.44.